The van der Waals surface area contributed by atoms with Crippen molar-refractivity contribution in [2.24, 2.45) is 5.92 Å². The molecule has 1 aromatic carbocycles. The fourth-order valence-electron chi connectivity index (χ4n) is 2.16. The summed E-state index contributed by atoms with van der Waals surface area (Å²) in [5.74, 6) is 0.562. The molecular formula is C15H22N2O2. The number of nitrogens with zero attached hydrogens (tertiary/aromatic N) is 1. The highest BCUT2D eigenvalue weighted by molar-refractivity contribution is 5.67. The maximum Gasteiger partial charge on any atom is 0.407 e. The smallest absolute Gasteiger partial charge is 0.407 e. The third-order valence-electron chi connectivity index (χ3n) is 3.46. The summed E-state index contributed by atoms with van der Waals surface area (Å²) in [5, 5.41) is 2.83. The molecule has 1 saturated heterocycles. The number of likely N-dealkylation sites (tertiary alicyclic amines) is 1. The van der Waals surface area contributed by atoms with Crippen molar-refractivity contribution in [3.63, 3.8) is 0 Å². The Morgan fingerprint density at radius 1 is 1.37 bits per heavy atom. The maximum atomic E-state index is 11.5. The molecule has 0 unspecified atom stereocenters. The van der Waals surface area contributed by atoms with Crippen molar-refractivity contribution in [3.05, 3.63) is 35.9 Å². The Labute approximate surface area is 114 Å². The number of rotatable bonds is 5. The van der Waals surface area contributed by atoms with Gasteiger partial charge >= 0.3 is 6.09 Å². The minimum Gasteiger partial charge on any atom is -0.445 e. The molecule has 1 aromatic rings. The van der Waals surface area contributed by atoms with Crippen LogP contribution in [0.1, 0.15) is 19.4 Å². The number of amides is 1. The molecule has 19 heavy (non-hydrogen) atoms. The van der Waals surface area contributed by atoms with Gasteiger partial charge in [-0.25, -0.2) is 4.79 Å². The van der Waals surface area contributed by atoms with Crippen molar-refractivity contribution >= 4 is 6.09 Å². The molecule has 0 atom stereocenters. The van der Waals surface area contributed by atoms with Gasteiger partial charge in [0.05, 0.1) is 0 Å². The van der Waals surface area contributed by atoms with E-state index in [1.54, 1.807) is 0 Å². The molecule has 1 aliphatic heterocycles. The maximum absolute atomic E-state index is 11.5. The summed E-state index contributed by atoms with van der Waals surface area (Å²) >= 11 is 0. The highest BCUT2D eigenvalue weighted by Gasteiger charge is 2.28. The van der Waals surface area contributed by atoms with Crippen LogP contribution in [-0.4, -0.2) is 36.7 Å². The first-order chi connectivity index (χ1) is 9.15. The summed E-state index contributed by atoms with van der Waals surface area (Å²) < 4.78 is 5.16. The van der Waals surface area contributed by atoms with E-state index in [9.17, 15) is 4.79 Å². The number of hydrogen-bond acceptors (Lipinski definition) is 3. The van der Waals surface area contributed by atoms with Gasteiger partial charge in [-0.2, -0.15) is 0 Å². The van der Waals surface area contributed by atoms with Gasteiger partial charge in [0, 0.05) is 31.6 Å². The summed E-state index contributed by atoms with van der Waals surface area (Å²) in [5.41, 5.74) is 1.01. The molecule has 0 saturated carbocycles. The van der Waals surface area contributed by atoms with Crippen molar-refractivity contribution < 1.29 is 9.53 Å². The average Bonchev–Trinajstić information content (AvgIpc) is 2.35. The fraction of sp³-hybridized carbons (Fsp3) is 0.533. The molecule has 4 nitrogen and oxygen atoms in total. The number of alkyl carbamates (subject to hydrolysis) is 1. The predicted molar refractivity (Wildman–Crippen MR) is 74.8 cm³/mol. The third kappa shape index (κ3) is 4.24. The molecule has 1 aliphatic rings. The molecule has 104 valence electrons. The average molecular weight is 262 g/mol. The molecule has 0 radical (unpaired) electrons. The monoisotopic (exact) mass is 262 g/mol. The molecule has 1 heterocycles. The first-order valence-electron chi connectivity index (χ1n) is 6.83. The van der Waals surface area contributed by atoms with Crippen molar-refractivity contribution in [1.29, 1.82) is 0 Å². The molecule has 0 bridgehead atoms. The van der Waals surface area contributed by atoms with Crippen LogP contribution in [-0.2, 0) is 11.3 Å². The lowest BCUT2D eigenvalue weighted by molar-refractivity contribution is 0.0650. The second kappa shape index (κ2) is 6.57. The van der Waals surface area contributed by atoms with Gasteiger partial charge in [0.25, 0.3) is 0 Å². The second-order valence-corrected chi connectivity index (χ2v) is 5.36. The van der Waals surface area contributed by atoms with Crippen LogP contribution in [0, 0.1) is 5.92 Å². The van der Waals surface area contributed by atoms with E-state index in [4.69, 9.17) is 4.74 Å². The highest BCUT2D eigenvalue weighted by Crippen LogP contribution is 2.17. The minimum absolute atomic E-state index is 0.327. The summed E-state index contributed by atoms with van der Waals surface area (Å²) in [6, 6.07) is 10.3. The Kier molecular flexibility index (Phi) is 4.80. The standard InChI is InChI=1S/C15H22N2O2/c1-12(2)17-9-14(10-17)8-16-15(18)19-11-13-6-4-3-5-7-13/h3-7,12,14H,8-11H2,1-2H3,(H,16,18). The third-order valence-corrected chi connectivity index (χ3v) is 3.46. The van der Waals surface area contributed by atoms with Crippen LogP contribution < -0.4 is 5.32 Å². The van der Waals surface area contributed by atoms with E-state index >= 15 is 0 Å². The molecule has 0 aliphatic carbocycles. The van der Waals surface area contributed by atoms with Crippen LogP contribution in [0.15, 0.2) is 30.3 Å². The molecule has 2 rings (SSSR count). The number of ether oxygens (including phenoxy) is 1. The number of benzene rings is 1. The van der Waals surface area contributed by atoms with Gasteiger partial charge < -0.3 is 15.0 Å². The number of hydrogen-bond donors (Lipinski definition) is 1. The molecule has 1 N–H and O–H groups in total. The van der Waals surface area contributed by atoms with Gasteiger partial charge in [-0.15, -0.1) is 0 Å². The summed E-state index contributed by atoms with van der Waals surface area (Å²) in [6.07, 6.45) is -0.327. The highest BCUT2D eigenvalue weighted by atomic mass is 16.5. The van der Waals surface area contributed by atoms with E-state index in [1.807, 2.05) is 30.3 Å². The first-order valence-corrected chi connectivity index (χ1v) is 6.83. The van der Waals surface area contributed by atoms with Crippen LogP contribution >= 0.6 is 0 Å². The Morgan fingerprint density at radius 2 is 2.05 bits per heavy atom. The van der Waals surface area contributed by atoms with Crippen LogP contribution in [0.2, 0.25) is 0 Å². The lowest BCUT2D eigenvalue weighted by atomic mass is 9.98. The largest absolute Gasteiger partial charge is 0.445 e. The quantitative estimate of drug-likeness (QED) is 0.885. The lowest BCUT2D eigenvalue weighted by Crippen LogP contribution is -2.53. The molecule has 1 amide bonds. The summed E-state index contributed by atoms with van der Waals surface area (Å²) in [7, 11) is 0. The molecular weight excluding hydrogens is 240 g/mol. The Balaban J connectivity index is 1.58. The summed E-state index contributed by atoms with van der Waals surface area (Å²) in [4.78, 5) is 13.9. The van der Waals surface area contributed by atoms with E-state index in [0.29, 0.717) is 25.1 Å². The Hall–Kier alpha value is -1.55. The normalized spacial score (nSPS) is 16.2. The van der Waals surface area contributed by atoms with Gasteiger partial charge in [0.15, 0.2) is 0 Å². The van der Waals surface area contributed by atoms with E-state index in [0.717, 1.165) is 18.7 Å². The van der Waals surface area contributed by atoms with Crippen LogP contribution in [0.3, 0.4) is 0 Å². The second-order valence-electron chi connectivity index (χ2n) is 5.36. The van der Waals surface area contributed by atoms with Gasteiger partial charge in [-0.05, 0) is 19.4 Å². The van der Waals surface area contributed by atoms with Crippen molar-refractivity contribution in [2.75, 3.05) is 19.6 Å². The van der Waals surface area contributed by atoms with Crippen LogP contribution in [0.4, 0.5) is 4.79 Å². The molecule has 0 aromatic heterocycles. The van der Waals surface area contributed by atoms with Gasteiger partial charge in [-0.1, -0.05) is 30.3 Å². The van der Waals surface area contributed by atoms with E-state index in [1.165, 1.54) is 0 Å². The van der Waals surface area contributed by atoms with Crippen molar-refractivity contribution in [2.45, 2.75) is 26.5 Å². The Bertz CT molecular complexity index is 400. The van der Waals surface area contributed by atoms with E-state index in [2.05, 4.69) is 24.1 Å². The zero-order chi connectivity index (χ0) is 13.7. The molecule has 1 fully saturated rings. The topological polar surface area (TPSA) is 41.6 Å². The molecule has 4 heteroatoms. The van der Waals surface area contributed by atoms with E-state index < -0.39 is 0 Å². The summed E-state index contributed by atoms with van der Waals surface area (Å²) in [6.45, 7) is 7.55. The van der Waals surface area contributed by atoms with E-state index in [-0.39, 0.29) is 6.09 Å². The van der Waals surface area contributed by atoms with Gasteiger partial charge in [-0.3, -0.25) is 0 Å². The van der Waals surface area contributed by atoms with Crippen LogP contribution in [0.5, 0.6) is 0 Å². The zero-order valence-corrected chi connectivity index (χ0v) is 11.6. The van der Waals surface area contributed by atoms with Crippen LogP contribution in [0.25, 0.3) is 0 Å². The molecule has 0 spiro atoms. The SMILES string of the molecule is CC(C)N1CC(CNC(=O)OCc2ccccc2)C1. The number of carbonyl (C=O) groups is 1. The first kappa shape index (κ1) is 13.9. The van der Waals surface area contributed by atoms with Crippen molar-refractivity contribution in [3.8, 4) is 0 Å². The van der Waals surface area contributed by atoms with Crippen molar-refractivity contribution in [1.82, 2.24) is 10.2 Å². The number of carbonyl (C=O) groups excluding carboxylic acids is 1. The zero-order valence-electron chi connectivity index (χ0n) is 11.6. The minimum atomic E-state index is -0.327. The predicted octanol–water partition coefficient (Wildman–Crippen LogP) is 2.25. The lowest BCUT2D eigenvalue weighted by Gasteiger charge is -2.42. The Morgan fingerprint density at radius 3 is 2.68 bits per heavy atom. The van der Waals surface area contributed by atoms with Gasteiger partial charge in [0.2, 0.25) is 0 Å². The fourth-order valence-corrected chi connectivity index (χ4v) is 2.16. The number of nitrogens with one attached hydrogen (secondary N) is 1. The van der Waals surface area contributed by atoms with Gasteiger partial charge in [0.1, 0.15) is 6.61 Å².